The second kappa shape index (κ2) is 10.6. The molecule has 0 aliphatic carbocycles. The predicted octanol–water partition coefficient (Wildman–Crippen LogP) is 5.85. The summed E-state index contributed by atoms with van der Waals surface area (Å²) in [6.45, 7) is 0. The Kier molecular flexibility index (Phi) is 7.39. The molecule has 182 valence electrons. The summed E-state index contributed by atoms with van der Waals surface area (Å²) >= 11 is 12.0. The number of carbonyl (C=O) groups excluding carboxylic acids is 1. The molecule has 7 nitrogen and oxygen atoms in total. The Hall–Kier alpha value is -4.12. The summed E-state index contributed by atoms with van der Waals surface area (Å²) < 4.78 is 22.2. The van der Waals surface area contributed by atoms with Crippen molar-refractivity contribution in [2.24, 2.45) is 5.73 Å². The zero-order chi connectivity index (χ0) is 25.8. The van der Waals surface area contributed by atoms with Crippen molar-refractivity contribution in [1.29, 1.82) is 5.26 Å². The first-order chi connectivity index (χ1) is 17.4. The molecule has 0 aromatic heterocycles. The maximum Gasteiger partial charge on any atom is 0.336 e. The van der Waals surface area contributed by atoms with Gasteiger partial charge in [-0.3, -0.25) is 0 Å². The number of hydrogen-bond acceptors (Lipinski definition) is 7. The van der Waals surface area contributed by atoms with E-state index >= 15 is 0 Å². The maximum absolute atomic E-state index is 12.4. The fourth-order valence-electron chi connectivity index (χ4n) is 3.90. The van der Waals surface area contributed by atoms with Crippen LogP contribution in [0.2, 0.25) is 10.0 Å². The smallest absolute Gasteiger partial charge is 0.336 e. The van der Waals surface area contributed by atoms with E-state index in [-0.39, 0.29) is 17.2 Å². The standard InChI is InChI=1S/C27H20Cl2N2O5/c1-33-22-5-3-4-19(26(22)34-2)25-18-10-9-17(13-23(18)36-27(31)20(25)14-30)35-24(32)11-7-15-6-8-16(28)12-21(15)29/h3-13,25H,31H2,1-2H3/b11-7+. The van der Waals surface area contributed by atoms with Gasteiger partial charge in [0.2, 0.25) is 5.88 Å². The average Bonchev–Trinajstić information content (AvgIpc) is 2.86. The number of fused-ring (bicyclic) bond motifs is 1. The van der Waals surface area contributed by atoms with Crippen LogP contribution in [0.1, 0.15) is 22.6 Å². The minimum Gasteiger partial charge on any atom is -0.493 e. The highest BCUT2D eigenvalue weighted by molar-refractivity contribution is 6.35. The zero-order valence-electron chi connectivity index (χ0n) is 19.2. The topological polar surface area (TPSA) is 104 Å². The first kappa shape index (κ1) is 25.0. The third-order valence-electron chi connectivity index (χ3n) is 5.51. The number of para-hydroxylation sites is 1. The molecule has 1 aliphatic rings. The van der Waals surface area contributed by atoms with Crippen LogP contribution in [0.15, 0.2) is 72.1 Å². The highest BCUT2D eigenvalue weighted by Crippen LogP contribution is 2.47. The zero-order valence-corrected chi connectivity index (χ0v) is 20.8. The molecule has 0 fully saturated rings. The Morgan fingerprint density at radius 3 is 2.58 bits per heavy atom. The minimum atomic E-state index is -0.621. The van der Waals surface area contributed by atoms with Crippen LogP contribution in [0.25, 0.3) is 6.08 Å². The predicted molar refractivity (Wildman–Crippen MR) is 136 cm³/mol. The number of ether oxygens (including phenoxy) is 4. The van der Waals surface area contributed by atoms with Crippen LogP contribution in [0, 0.1) is 11.3 Å². The largest absolute Gasteiger partial charge is 0.493 e. The lowest BCUT2D eigenvalue weighted by Crippen LogP contribution is -2.21. The first-order valence-corrected chi connectivity index (χ1v) is 11.4. The number of carbonyl (C=O) groups is 1. The molecule has 0 saturated heterocycles. The van der Waals surface area contributed by atoms with Crippen LogP contribution in [0.3, 0.4) is 0 Å². The summed E-state index contributed by atoms with van der Waals surface area (Å²) in [4.78, 5) is 12.4. The summed E-state index contributed by atoms with van der Waals surface area (Å²) in [6.07, 6.45) is 2.78. The molecule has 0 bridgehead atoms. The van der Waals surface area contributed by atoms with E-state index in [4.69, 9.17) is 47.9 Å². The molecule has 1 atom stereocenters. The summed E-state index contributed by atoms with van der Waals surface area (Å²) in [5.41, 5.74) is 8.27. The second-order valence-corrected chi connectivity index (χ2v) is 8.47. The SMILES string of the molecule is COc1cccc(C2C(C#N)=C(N)Oc3cc(OC(=O)/C=C/c4ccc(Cl)cc4Cl)ccc32)c1OC. The highest BCUT2D eigenvalue weighted by atomic mass is 35.5. The molecule has 1 unspecified atom stereocenters. The third-order valence-corrected chi connectivity index (χ3v) is 6.08. The van der Waals surface area contributed by atoms with Crippen molar-refractivity contribution in [2.75, 3.05) is 14.2 Å². The van der Waals surface area contributed by atoms with E-state index in [1.807, 2.05) is 6.07 Å². The fraction of sp³-hybridized carbons (Fsp3) is 0.111. The third kappa shape index (κ3) is 4.96. The van der Waals surface area contributed by atoms with Crippen LogP contribution in [-0.4, -0.2) is 20.2 Å². The van der Waals surface area contributed by atoms with E-state index < -0.39 is 11.9 Å². The molecule has 0 amide bonds. The van der Waals surface area contributed by atoms with Gasteiger partial charge in [0.15, 0.2) is 11.5 Å². The lowest BCUT2D eigenvalue weighted by Gasteiger charge is -2.28. The van der Waals surface area contributed by atoms with Crippen molar-refractivity contribution < 1.29 is 23.7 Å². The number of methoxy groups -OCH3 is 2. The molecule has 1 aliphatic heterocycles. The lowest BCUT2D eigenvalue weighted by molar-refractivity contribution is -0.128. The molecule has 36 heavy (non-hydrogen) atoms. The van der Waals surface area contributed by atoms with Crippen molar-refractivity contribution in [3.05, 3.63) is 98.9 Å². The number of esters is 1. The van der Waals surface area contributed by atoms with E-state index in [0.29, 0.717) is 44.0 Å². The fourth-order valence-corrected chi connectivity index (χ4v) is 4.37. The number of nitriles is 1. The Balaban J connectivity index is 1.65. The van der Waals surface area contributed by atoms with Gasteiger partial charge >= 0.3 is 5.97 Å². The monoisotopic (exact) mass is 522 g/mol. The van der Waals surface area contributed by atoms with E-state index in [0.717, 1.165) is 0 Å². The van der Waals surface area contributed by atoms with Crippen LogP contribution in [-0.2, 0) is 4.79 Å². The number of rotatable bonds is 6. The number of hydrogen-bond donors (Lipinski definition) is 1. The summed E-state index contributed by atoms with van der Waals surface area (Å²) in [6, 6.07) is 17.3. The molecule has 1 heterocycles. The van der Waals surface area contributed by atoms with Gasteiger partial charge in [-0.25, -0.2) is 4.79 Å². The molecule has 0 radical (unpaired) electrons. The van der Waals surface area contributed by atoms with Crippen molar-refractivity contribution >= 4 is 35.2 Å². The van der Waals surface area contributed by atoms with Crippen LogP contribution in [0.5, 0.6) is 23.0 Å². The van der Waals surface area contributed by atoms with Crippen LogP contribution >= 0.6 is 23.2 Å². The minimum absolute atomic E-state index is 0.0550. The van der Waals surface area contributed by atoms with Gasteiger partial charge < -0.3 is 24.7 Å². The van der Waals surface area contributed by atoms with Crippen molar-refractivity contribution in [1.82, 2.24) is 0 Å². The van der Waals surface area contributed by atoms with Gasteiger partial charge in [-0.15, -0.1) is 0 Å². The van der Waals surface area contributed by atoms with Crippen molar-refractivity contribution in [2.45, 2.75) is 5.92 Å². The molecular weight excluding hydrogens is 503 g/mol. The van der Waals surface area contributed by atoms with E-state index in [2.05, 4.69) is 6.07 Å². The molecule has 0 spiro atoms. The Bertz CT molecular complexity index is 1440. The van der Waals surface area contributed by atoms with Crippen molar-refractivity contribution in [3.63, 3.8) is 0 Å². The van der Waals surface area contributed by atoms with E-state index in [1.165, 1.54) is 32.4 Å². The molecule has 9 heteroatoms. The second-order valence-electron chi connectivity index (χ2n) is 7.63. The Labute approximate surface area is 217 Å². The summed E-state index contributed by atoms with van der Waals surface area (Å²) in [7, 11) is 3.05. The lowest BCUT2D eigenvalue weighted by atomic mass is 9.83. The number of allylic oxidation sites excluding steroid dienone is 1. The molecule has 0 saturated carbocycles. The first-order valence-electron chi connectivity index (χ1n) is 10.6. The van der Waals surface area contributed by atoms with Crippen LogP contribution < -0.4 is 24.7 Å². The average molecular weight is 523 g/mol. The summed E-state index contributed by atoms with van der Waals surface area (Å²) in [5, 5.41) is 10.7. The van der Waals surface area contributed by atoms with Gasteiger partial charge in [-0.1, -0.05) is 47.5 Å². The number of nitrogens with two attached hydrogens (primary N) is 1. The molecule has 3 aromatic rings. The van der Waals surface area contributed by atoms with Gasteiger partial charge in [-0.05, 0) is 35.9 Å². The van der Waals surface area contributed by atoms with Crippen LogP contribution in [0.4, 0.5) is 0 Å². The normalized spacial score (nSPS) is 14.6. The molecule has 2 N–H and O–H groups in total. The molecule has 3 aromatic carbocycles. The van der Waals surface area contributed by atoms with Gasteiger partial charge in [0.1, 0.15) is 23.1 Å². The van der Waals surface area contributed by atoms with E-state index in [9.17, 15) is 10.1 Å². The Morgan fingerprint density at radius 2 is 1.89 bits per heavy atom. The summed E-state index contributed by atoms with van der Waals surface area (Å²) in [5.74, 6) is 0.300. The number of nitrogens with zero attached hydrogens (tertiary/aromatic N) is 1. The number of benzene rings is 3. The quantitative estimate of drug-likeness (QED) is 0.246. The van der Waals surface area contributed by atoms with Gasteiger partial charge in [0.25, 0.3) is 0 Å². The molecule has 4 rings (SSSR count). The van der Waals surface area contributed by atoms with Gasteiger partial charge in [-0.2, -0.15) is 5.26 Å². The maximum atomic E-state index is 12.4. The van der Waals surface area contributed by atoms with E-state index in [1.54, 1.807) is 42.5 Å². The van der Waals surface area contributed by atoms with Crippen molar-refractivity contribution in [3.8, 4) is 29.1 Å². The highest BCUT2D eigenvalue weighted by Gasteiger charge is 2.33. The Morgan fingerprint density at radius 1 is 1.08 bits per heavy atom. The molecular formula is C27H20Cl2N2O5. The number of halogens is 2. The van der Waals surface area contributed by atoms with Gasteiger partial charge in [0.05, 0.1) is 20.1 Å². The van der Waals surface area contributed by atoms with Gasteiger partial charge in [0, 0.05) is 33.3 Å².